The maximum absolute atomic E-state index is 13.6. The number of para-hydroxylation sites is 1. The summed E-state index contributed by atoms with van der Waals surface area (Å²) in [5.74, 6) is -2.65. The predicted octanol–water partition coefficient (Wildman–Crippen LogP) is 8.19. The van der Waals surface area contributed by atoms with Gasteiger partial charge in [-0.05, 0) is 53.1 Å². The van der Waals surface area contributed by atoms with Crippen LogP contribution >= 0.6 is 23.1 Å². The van der Waals surface area contributed by atoms with Crippen LogP contribution in [-0.2, 0) is 11.2 Å². The first-order valence-corrected chi connectivity index (χ1v) is 12.6. The quantitative estimate of drug-likeness (QED) is 0.210. The standard InChI is InChI=1S/C28H20F2N2OS2/c29-27(30)34-23-16-14-22(15-17-23)32(28-31-24-8-4-5-9-25(24)35-28)26(33)18-19-10-12-21(13-11-19)20-6-2-1-3-7-20/h1-17,27H,18H2. The first-order chi connectivity index (χ1) is 17.1. The second kappa shape index (κ2) is 10.4. The fourth-order valence-corrected chi connectivity index (χ4v) is 5.30. The van der Waals surface area contributed by atoms with Gasteiger partial charge in [0, 0.05) is 4.90 Å². The van der Waals surface area contributed by atoms with E-state index in [-0.39, 0.29) is 12.3 Å². The number of alkyl halides is 2. The van der Waals surface area contributed by atoms with Crippen LogP contribution in [-0.4, -0.2) is 16.6 Å². The van der Waals surface area contributed by atoms with E-state index in [1.165, 1.54) is 11.3 Å². The third-order valence-electron chi connectivity index (χ3n) is 5.46. The number of rotatable bonds is 7. The van der Waals surface area contributed by atoms with Crippen molar-refractivity contribution >= 4 is 50.0 Å². The van der Waals surface area contributed by atoms with Gasteiger partial charge in [0.15, 0.2) is 5.13 Å². The Balaban J connectivity index is 1.44. The Morgan fingerprint density at radius 1 is 0.829 bits per heavy atom. The molecule has 0 aliphatic carbocycles. The van der Waals surface area contributed by atoms with Crippen molar-refractivity contribution in [2.75, 3.05) is 4.90 Å². The molecule has 3 nitrogen and oxygen atoms in total. The summed E-state index contributed by atoms with van der Waals surface area (Å²) < 4.78 is 26.5. The molecule has 1 aromatic heterocycles. The van der Waals surface area contributed by atoms with Crippen LogP contribution in [0.25, 0.3) is 21.3 Å². The molecule has 5 rings (SSSR count). The zero-order valence-corrected chi connectivity index (χ0v) is 20.1. The molecule has 1 amide bonds. The van der Waals surface area contributed by atoms with Crippen molar-refractivity contribution in [2.45, 2.75) is 17.1 Å². The minimum atomic E-state index is -2.50. The van der Waals surface area contributed by atoms with Crippen molar-refractivity contribution in [3.8, 4) is 11.1 Å². The number of hydrogen-bond donors (Lipinski definition) is 0. The number of carbonyl (C=O) groups excluding carboxylic acids is 1. The van der Waals surface area contributed by atoms with Crippen molar-refractivity contribution in [1.82, 2.24) is 4.98 Å². The molecular formula is C28H20F2N2OS2. The second-order valence-electron chi connectivity index (χ2n) is 7.81. The summed E-state index contributed by atoms with van der Waals surface area (Å²) in [7, 11) is 0. The van der Waals surface area contributed by atoms with Gasteiger partial charge in [0.05, 0.1) is 22.3 Å². The lowest BCUT2D eigenvalue weighted by molar-refractivity contribution is -0.117. The molecule has 174 valence electrons. The second-order valence-corrected chi connectivity index (χ2v) is 9.88. The van der Waals surface area contributed by atoms with Gasteiger partial charge in [0.1, 0.15) is 0 Å². The number of thioether (sulfide) groups is 1. The Labute approximate surface area is 210 Å². The van der Waals surface area contributed by atoms with Gasteiger partial charge in [-0.25, -0.2) is 4.98 Å². The highest BCUT2D eigenvalue weighted by molar-refractivity contribution is 7.99. The average Bonchev–Trinajstić information content (AvgIpc) is 3.29. The van der Waals surface area contributed by atoms with Crippen molar-refractivity contribution < 1.29 is 13.6 Å². The van der Waals surface area contributed by atoms with Crippen LogP contribution in [0.3, 0.4) is 0 Å². The molecule has 7 heteroatoms. The largest absolute Gasteiger partial charge is 0.288 e. The van der Waals surface area contributed by atoms with E-state index >= 15 is 0 Å². The van der Waals surface area contributed by atoms with E-state index in [4.69, 9.17) is 0 Å². The molecule has 0 radical (unpaired) electrons. The number of amides is 1. The van der Waals surface area contributed by atoms with Crippen LogP contribution in [0, 0.1) is 0 Å². The lowest BCUT2D eigenvalue weighted by Gasteiger charge is -2.20. The van der Waals surface area contributed by atoms with E-state index in [1.54, 1.807) is 29.2 Å². The third-order valence-corrected chi connectivity index (χ3v) is 7.20. The number of halogens is 2. The molecule has 0 N–H and O–H groups in total. The van der Waals surface area contributed by atoms with Gasteiger partial charge in [-0.3, -0.25) is 9.69 Å². The predicted molar refractivity (Wildman–Crippen MR) is 141 cm³/mol. The smallest absolute Gasteiger partial charge is 0.274 e. The van der Waals surface area contributed by atoms with E-state index in [2.05, 4.69) is 4.98 Å². The van der Waals surface area contributed by atoms with Crippen molar-refractivity contribution in [3.63, 3.8) is 0 Å². The minimum absolute atomic E-state index is 0.147. The van der Waals surface area contributed by atoms with Crippen molar-refractivity contribution in [3.05, 3.63) is 109 Å². The lowest BCUT2D eigenvalue weighted by Crippen LogP contribution is -2.27. The first-order valence-electron chi connectivity index (χ1n) is 10.9. The van der Waals surface area contributed by atoms with E-state index in [1.807, 2.05) is 78.9 Å². The molecule has 35 heavy (non-hydrogen) atoms. The molecule has 1 heterocycles. The van der Waals surface area contributed by atoms with Crippen LogP contribution in [0.2, 0.25) is 0 Å². The van der Waals surface area contributed by atoms with Crippen molar-refractivity contribution in [2.24, 2.45) is 0 Å². The van der Waals surface area contributed by atoms with Gasteiger partial charge < -0.3 is 0 Å². The maximum atomic E-state index is 13.6. The fraction of sp³-hybridized carbons (Fsp3) is 0.0714. The Hall–Kier alpha value is -3.55. The van der Waals surface area contributed by atoms with Gasteiger partial charge in [-0.15, -0.1) is 0 Å². The van der Waals surface area contributed by atoms with Gasteiger partial charge in [0.25, 0.3) is 5.76 Å². The highest BCUT2D eigenvalue weighted by Crippen LogP contribution is 2.35. The Bertz CT molecular complexity index is 1400. The van der Waals surface area contributed by atoms with E-state index in [9.17, 15) is 13.6 Å². The Morgan fingerprint density at radius 3 is 2.17 bits per heavy atom. The molecule has 0 saturated carbocycles. The zero-order chi connectivity index (χ0) is 24.2. The number of nitrogens with zero attached hydrogens (tertiary/aromatic N) is 2. The summed E-state index contributed by atoms with van der Waals surface area (Å²) in [6.45, 7) is 0. The minimum Gasteiger partial charge on any atom is -0.274 e. The molecule has 0 bridgehead atoms. The van der Waals surface area contributed by atoms with E-state index in [0.717, 1.165) is 26.9 Å². The molecule has 0 aliphatic rings. The first kappa shape index (κ1) is 23.2. The fourth-order valence-electron chi connectivity index (χ4n) is 3.79. The topological polar surface area (TPSA) is 33.2 Å². The molecule has 0 aliphatic heterocycles. The van der Waals surface area contributed by atoms with E-state index in [0.29, 0.717) is 27.5 Å². The van der Waals surface area contributed by atoms with Gasteiger partial charge >= 0.3 is 0 Å². The number of carbonyl (C=O) groups is 1. The summed E-state index contributed by atoms with van der Waals surface area (Å²) in [6, 6.07) is 32.3. The van der Waals surface area contributed by atoms with Crippen LogP contribution in [0.5, 0.6) is 0 Å². The molecule has 0 fully saturated rings. The highest BCUT2D eigenvalue weighted by Gasteiger charge is 2.22. The van der Waals surface area contributed by atoms with Gasteiger partial charge in [0.2, 0.25) is 5.91 Å². The van der Waals surface area contributed by atoms with Crippen molar-refractivity contribution in [1.29, 1.82) is 0 Å². The summed E-state index contributed by atoms with van der Waals surface area (Å²) in [4.78, 5) is 20.3. The molecule has 4 aromatic carbocycles. The Morgan fingerprint density at radius 2 is 1.49 bits per heavy atom. The molecule has 0 unspecified atom stereocenters. The van der Waals surface area contributed by atoms with Crippen LogP contribution in [0.4, 0.5) is 19.6 Å². The number of fused-ring (bicyclic) bond motifs is 1. The summed E-state index contributed by atoms with van der Waals surface area (Å²) in [6.07, 6.45) is 0.179. The summed E-state index contributed by atoms with van der Waals surface area (Å²) in [5.41, 5.74) is 4.47. The number of hydrogen-bond acceptors (Lipinski definition) is 4. The monoisotopic (exact) mass is 502 g/mol. The number of benzene rings is 4. The molecule has 0 atom stereocenters. The normalized spacial score (nSPS) is 11.2. The molecule has 5 aromatic rings. The number of aromatic nitrogens is 1. The molecule has 0 spiro atoms. The van der Waals surface area contributed by atoms with Crippen LogP contribution < -0.4 is 4.90 Å². The lowest BCUT2D eigenvalue weighted by atomic mass is 10.0. The molecular weight excluding hydrogens is 482 g/mol. The third kappa shape index (κ3) is 5.42. The zero-order valence-electron chi connectivity index (χ0n) is 18.5. The summed E-state index contributed by atoms with van der Waals surface area (Å²) in [5, 5.41) is 0.548. The summed E-state index contributed by atoms with van der Waals surface area (Å²) >= 11 is 1.90. The molecule has 0 saturated heterocycles. The van der Waals surface area contributed by atoms with Crippen LogP contribution in [0.1, 0.15) is 5.56 Å². The number of anilines is 2. The van der Waals surface area contributed by atoms with Crippen LogP contribution in [0.15, 0.2) is 108 Å². The van der Waals surface area contributed by atoms with Gasteiger partial charge in [-0.1, -0.05) is 89.8 Å². The Kier molecular flexibility index (Phi) is 6.88. The maximum Gasteiger partial charge on any atom is 0.288 e. The highest BCUT2D eigenvalue weighted by atomic mass is 32.2. The SMILES string of the molecule is O=C(Cc1ccc(-c2ccccc2)cc1)N(c1ccc(SC(F)F)cc1)c1nc2ccccc2s1. The van der Waals surface area contributed by atoms with Gasteiger partial charge in [-0.2, -0.15) is 8.78 Å². The number of thiazole rings is 1. The van der Waals surface area contributed by atoms with E-state index < -0.39 is 5.76 Å². The average molecular weight is 503 g/mol.